The predicted molar refractivity (Wildman–Crippen MR) is 161 cm³/mol. The van der Waals surface area contributed by atoms with E-state index in [0.29, 0.717) is 6.54 Å². The van der Waals surface area contributed by atoms with Crippen LogP contribution in [0.3, 0.4) is 0 Å². The number of carbonyl (C=O) groups is 1. The Morgan fingerprint density at radius 1 is 0.974 bits per heavy atom. The van der Waals surface area contributed by atoms with Crippen LogP contribution < -0.4 is 14.9 Å². The number of halogens is 1. The molecule has 2 heterocycles. The highest BCUT2D eigenvalue weighted by molar-refractivity contribution is 7.92. The number of thiazole rings is 1. The summed E-state index contributed by atoms with van der Waals surface area (Å²) in [6, 6.07) is 19.1. The van der Waals surface area contributed by atoms with Gasteiger partial charge in [-0.3, -0.25) is 14.4 Å². The SMILES string of the molecule is Cc1cc(C)c2nc(N3CCN(CCNC(=O)c4ccccc4NS(=O)(=O)c4ccccc4)CC3)sc2c1.Cl. The number of aryl methyl sites for hydroxylation is 2. The van der Waals surface area contributed by atoms with E-state index in [-0.39, 0.29) is 34.5 Å². The Morgan fingerprint density at radius 3 is 2.41 bits per heavy atom. The third-order valence-electron chi connectivity index (χ3n) is 6.64. The van der Waals surface area contributed by atoms with Gasteiger partial charge in [0.1, 0.15) is 0 Å². The first-order valence-corrected chi connectivity index (χ1v) is 14.9. The number of carbonyl (C=O) groups excluding carboxylic acids is 1. The molecule has 1 saturated heterocycles. The molecule has 0 aliphatic carbocycles. The van der Waals surface area contributed by atoms with Gasteiger partial charge in [0.15, 0.2) is 5.13 Å². The average molecular weight is 586 g/mol. The quantitative estimate of drug-likeness (QED) is 0.312. The van der Waals surface area contributed by atoms with Crippen LogP contribution >= 0.6 is 23.7 Å². The van der Waals surface area contributed by atoms with Crippen LogP contribution in [0.4, 0.5) is 10.8 Å². The zero-order valence-corrected chi connectivity index (χ0v) is 24.3. The molecule has 8 nitrogen and oxygen atoms in total. The second-order valence-electron chi connectivity index (χ2n) is 9.47. The third-order valence-corrected chi connectivity index (χ3v) is 9.09. The summed E-state index contributed by atoms with van der Waals surface area (Å²) >= 11 is 1.75. The molecule has 0 spiro atoms. The number of hydrogen-bond donors (Lipinski definition) is 2. The van der Waals surface area contributed by atoms with E-state index >= 15 is 0 Å². The lowest BCUT2D eigenvalue weighted by molar-refractivity contribution is 0.0948. The van der Waals surface area contributed by atoms with Crippen molar-refractivity contribution in [2.75, 3.05) is 48.9 Å². The number of nitrogens with zero attached hydrogens (tertiary/aromatic N) is 3. The van der Waals surface area contributed by atoms with Crippen LogP contribution in [0.25, 0.3) is 10.2 Å². The van der Waals surface area contributed by atoms with Crippen molar-refractivity contribution in [3.63, 3.8) is 0 Å². The first kappa shape index (κ1) is 28.8. The van der Waals surface area contributed by atoms with Gasteiger partial charge in [0.2, 0.25) is 0 Å². The van der Waals surface area contributed by atoms with Crippen LogP contribution in [-0.2, 0) is 10.0 Å². The fraction of sp³-hybridized carbons (Fsp3) is 0.286. The molecule has 2 N–H and O–H groups in total. The van der Waals surface area contributed by atoms with Crippen LogP contribution in [-0.4, -0.2) is 63.5 Å². The Labute approximate surface area is 239 Å². The maximum atomic E-state index is 12.9. The molecular weight excluding hydrogens is 554 g/mol. The Kier molecular flexibility index (Phi) is 9.12. The van der Waals surface area contributed by atoms with Crippen LogP contribution in [0, 0.1) is 13.8 Å². The normalized spacial score (nSPS) is 14.2. The summed E-state index contributed by atoms with van der Waals surface area (Å²) in [7, 11) is -3.80. The molecule has 1 aliphatic heterocycles. The molecule has 0 bridgehead atoms. The molecule has 0 radical (unpaired) electrons. The minimum absolute atomic E-state index is 0. The summed E-state index contributed by atoms with van der Waals surface area (Å²) in [5.74, 6) is -0.310. The largest absolute Gasteiger partial charge is 0.351 e. The van der Waals surface area contributed by atoms with Crippen LogP contribution in [0.5, 0.6) is 0 Å². The topological polar surface area (TPSA) is 94.6 Å². The highest BCUT2D eigenvalue weighted by Gasteiger charge is 2.21. The van der Waals surface area contributed by atoms with E-state index in [1.165, 1.54) is 28.0 Å². The summed E-state index contributed by atoms with van der Waals surface area (Å²) < 4.78 is 29.3. The number of anilines is 2. The van der Waals surface area contributed by atoms with Gasteiger partial charge in [-0.25, -0.2) is 13.4 Å². The molecule has 11 heteroatoms. The molecule has 3 aromatic carbocycles. The Balaban J connectivity index is 0.00000353. The minimum atomic E-state index is -3.80. The maximum absolute atomic E-state index is 12.9. The number of hydrogen-bond acceptors (Lipinski definition) is 7. The number of rotatable bonds is 8. The summed E-state index contributed by atoms with van der Waals surface area (Å²) in [6.07, 6.45) is 0. The molecule has 39 heavy (non-hydrogen) atoms. The van der Waals surface area contributed by atoms with Gasteiger partial charge in [-0.15, -0.1) is 12.4 Å². The molecule has 1 aromatic heterocycles. The van der Waals surface area contributed by atoms with Crippen molar-refractivity contribution in [1.82, 2.24) is 15.2 Å². The first-order valence-electron chi connectivity index (χ1n) is 12.6. The highest BCUT2D eigenvalue weighted by atomic mass is 35.5. The van der Waals surface area contributed by atoms with E-state index in [1.54, 1.807) is 53.8 Å². The van der Waals surface area contributed by atoms with Gasteiger partial charge < -0.3 is 10.2 Å². The number of piperazine rings is 1. The van der Waals surface area contributed by atoms with Gasteiger partial charge in [0, 0.05) is 39.3 Å². The molecule has 4 aromatic rings. The number of benzene rings is 3. The molecule has 206 valence electrons. The van der Waals surface area contributed by atoms with Gasteiger partial charge in [0.25, 0.3) is 15.9 Å². The molecule has 0 unspecified atom stereocenters. The van der Waals surface area contributed by atoms with Crippen molar-refractivity contribution in [1.29, 1.82) is 0 Å². The third kappa shape index (κ3) is 6.70. The van der Waals surface area contributed by atoms with E-state index in [2.05, 4.69) is 45.8 Å². The summed E-state index contributed by atoms with van der Waals surface area (Å²) in [4.78, 5) is 22.6. The lowest BCUT2D eigenvalue weighted by atomic mass is 10.1. The van der Waals surface area contributed by atoms with Gasteiger partial charge in [-0.05, 0) is 55.3 Å². The van der Waals surface area contributed by atoms with Crippen molar-refractivity contribution in [2.24, 2.45) is 0 Å². The zero-order valence-electron chi connectivity index (χ0n) is 21.9. The first-order chi connectivity index (χ1) is 18.3. The number of fused-ring (bicyclic) bond motifs is 1. The molecule has 0 atom stereocenters. The molecule has 0 saturated carbocycles. The number of para-hydroxylation sites is 1. The maximum Gasteiger partial charge on any atom is 0.261 e. The summed E-state index contributed by atoms with van der Waals surface area (Å²) in [5, 5.41) is 4.01. The van der Waals surface area contributed by atoms with Gasteiger partial charge in [-0.1, -0.05) is 47.7 Å². The monoisotopic (exact) mass is 585 g/mol. The molecule has 1 fully saturated rings. The highest BCUT2D eigenvalue weighted by Crippen LogP contribution is 2.32. The van der Waals surface area contributed by atoms with Crippen molar-refractivity contribution in [3.05, 3.63) is 83.4 Å². The van der Waals surface area contributed by atoms with E-state index in [0.717, 1.165) is 43.4 Å². The average Bonchev–Trinajstić information content (AvgIpc) is 3.34. The van der Waals surface area contributed by atoms with Crippen molar-refractivity contribution < 1.29 is 13.2 Å². The Morgan fingerprint density at radius 2 is 1.67 bits per heavy atom. The Bertz CT molecular complexity index is 1550. The Hall–Kier alpha value is -3.18. The fourth-order valence-corrected chi connectivity index (χ4v) is 6.95. The lowest BCUT2D eigenvalue weighted by Crippen LogP contribution is -2.48. The van der Waals surface area contributed by atoms with E-state index in [4.69, 9.17) is 4.98 Å². The summed E-state index contributed by atoms with van der Waals surface area (Å²) in [5.41, 5.74) is 4.11. The molecular formula is C28H32ClN5O3S2. The van der Waals surface area contributed by atoms with Crippen molar-refractivity contribution in [3.8, 4) is 0 Å². The van der Waals surface area contributed by atoms with E-state index in [9.17, 15) is 13.2 Å². The minimum Gasteiger partial charge on any atom is -0.351 e. The van der Waals surface area contributed by atoms with E-state index < -0.39 is 10.0 Å². The smallest absolute Gasteiger partial charge is 0.261 e. The standard InChI is InChI=1S/C28H31N5O3S2.ClH/c1-20-18-21(2)26-25(19-20)37-28(30-26)33-16-14-32(15-17-33)13-12-29-27(34)23-10-6-7-11-24(23)31-38(35,36)22-8-4-3-5-9-22;/h3-11,18-19,31H,12-17H2,1-2H3,(H,29,34);1H. The second kappa shape index (κ2) is 12.3. The second-order valence-corrected chi connectivity index (χ2v) is 12.2. The van der Waals surface area contributed by atoms with Crippen LogP contribution in [0.15, 0.2) is 71.6 Å². The molecule has 5 rings (SSSR count). The molecule has 1 amide bonds. The van der Waals surface area contributed by atoms with Crippen LogP contribution in [0.2, 0.25) is 0 Å². The lowest BCUT2D eigenvalue weighted by Gasteiger charge is -2.34. The summed E-state index contributed by atoms with van der Waals surface area (Å²) in [6.45, 7) is 8.96. The van der Waals surface area contributed by atoms with Gasteiger partial charge in [0.05, 0.1) is 26.4 Å². The number of aromatic nitrogens is 1. The van der Waals surface area contributed by atoms with E-state index in [1.807, 2.05) is 0 Å². The number of amides is 1. The number of nitrogens with one attached hydrogen (secondary N) is 2. The number of sulfonamides is 1. The van der Waals surface area contributed by atoms with Crippen LogP contribution in [0.1, 0.15) is 21.5 Å². The zero-order chi connectivity index (χ0) is 26.7. The molecule has 1 aliphatic rings. The van der Waals surface area contributed by atoms with Crippen molar-refractivity contribution >= 4 is 60.7 Å². The van der Waals surface area contributed by atoms with Gasteiger partial charge in [-0.2, -0.15) is 0 Å². The van der Waals surface area contributed by atoms with Gasteiger partial charge >= 0.3 is 0 Å². The fourth-order valence-electron chi connectivity index (χ4n) is 4.65. The van der Waals surface area contributed by atoms with Crippen molar-refractivity contribution in [2.45, 2.75) is 18.7 Å². The predicted octanol–water partition coefficient (Wildman–Crippen LogP) is 4.69.